The number of benzene rings is 1. The number of carbonyl (C=O) groups is 3. The molecule has 134 valence electrons. The van der Waals surface area contributed by atoms with Crippen LogP contribution in [-0.4, -0.2) is 51.6 Å². The molecule has 1 aromatic carbocycles. The molecule has 2 amide bonds. The van der Waals surface area contributed by atoms with Crippen molar-refractivity contribution in [3.8, 4) is 0 Å². The molecule has 1 aliphatic rings. The number of nitrogen functional groups attached to an aromatic ring is 1. The van der Waals surface area contributed by atoms with E-state index < -0.39 is 5.97 Å². The number of ether oxygens (including phenoxy) is 1. The van der Waals surface area contributed by atoms with Crippen LogP contribution in [0, 0.1) is 0 Å². The Hall–Kier alpha value is -2.94. The highest BCUT2D eigenvalue weighted by molar-refractivity contribution is 7.99. The molecule has 0 bridgehead atoms. The molecule has 26 heavy (non-hydrogen) atoms. The van der Waals surface area contributed by atoms with Crippen LogP contribution in [0.2, 0.25) is 0 Å². The minimum Gasteiger partial charge on any atom is -0.462 e. The molecule has 2 aromatic rings. The van der Waals surface area contributed by atoms with Gasteiger partial charge < -0.3 is 10.5 Å². The minimum atomic E-state index is -0.576. The van der Waals surface area contributed by atoms with Gasteiger partial charge in [-0.05, 0) is 19.1 Å². The van der Waals surface area contributed by atoms with E-state index in [0.717, 1.165) is 0 Å². The number of hydrogen-bond donors (Lipinski definition) is 1. The van der Waals surface area contributed by atoms with E-state index in [2.05, 4.69) is 9.97 Å². The number of amides is 2. The van der Waals surface area contributed by atoms with Crippen LogP contribution in [0.4, 0.5) is 5.82 Å². The molecule has 0 saturated heterocycles. The van der Waals surface area contributed by atoms with Crippen molar-refractivity contribution >= 4 is 35.4 Å². The van der Waals surface area contributed by atoms with Gasteiger partial charge in [-0.1, -0.05) is 23.9 Å². The lowest BCUT2D eigenvalue weighted by molar-refractivity contribution is 0.0525. The lowest BCUT2D eigenvalue weighted by Gasteiger charge is -2.13. The lowest BCUT2D eigenvalue weighted by Crippen LogP contribution is -2.31. The first-order valence-corrected chi connectivity index (χ1v) is 8.89. The largest absolute Gasteiger partial charge is 0.462 e. The van der Waals surface area contributed by atoms with Crippen LogP contribution in [0.1, 0.15) is 38.0 Å². The Bertz CT molecular complexity index is 852. The number of thioether (sulfide) groups is 1. The molecule has 0 spiro atoms. The molecule has 2 N–H and O–H groups in total. The van der Waals surface area contributed by atoms with Crippen molar-refractivity contribution in [2.75, 3.05) is 24.6 Å². The second-order valence-corrected chi connectivity index (χ2v) is 6.39. The molecule has 1 aromatic heterocycles. The standard InChI is InChI=1S/C17H16N4O4S/c1-2-25-16(24)12-9-19-17(20-13(12)18)26-8-7-21-14(22)10-5-3-4-6-11(10)15(21)23/h3-6,9H,2,7-8H2,1H3,(H2,18,19,20). The van der Waals surface area contributed by atoms with Gasteiger partial charge in [0.05, 0.1) is 17.7 Å². The van der Waals surface area contributed by atoms with Gasteiger partial charge in [0.15, 0.2) is 5.16 Å². The first kappa shape index (κ1) is 17.9. The van der Waals surface area contributed by atoms with Crippen LogP contribution in [0.5, 0.6) is 0 Å². The van der Waals surface area contributed by atoms with E-state index in [9.17, 15) is 14.4 Å². The highest BCUT2D eigenvalue weighted by atomic mass is 32.2. The molecular formula is C17H16N4O4S. The van der Waals surface area contributed by atoms with Crippen LogP contribution in [0.15, 0.2) is 35.6 Å². The molecular weight excluding hydrogens is 356 g/mol. The molecule has 9 heteroatoms. The average Bonchev–Trinajstić information content (AvgIpc) is 2.87. The number of esters is 1. The Morgan fingerprint density at radius 2 is 1.88 bits per heavy atom. The van der Waals surface area contributed by atoms with E-state index in [-0.39, 0.29) is 36.3 Å². The Morgan fingerprint density at radius 1 is 1.23 bits per heavy atom. The molecule has 3 rings (SSSR count). The zero-order chi connectivity index (χ0) is 18.7. The van der Waals surface area contributed by atoms with Gasteiger partial charge in [0, 0.05) is 18.5 Å². The average molecular weight is 372 g/mol. The third kappa shape index (κ3) is 3.38. The summed E-state index contributed by atoms with van der Waals surface area (Å²) in [4.78, 5) is 45.6. The van der Waals surface area contributed by atoms with E-state index >= 15 is 0 Å². The zero-order valence-corrected chi connectivity index (χ0v) is 14.8. The lowest BCUT2D eigenvalue weighted by atomic mass is 10.1. The van der Waals surface area contributed by atoms with Crippen LogP contribution >= 0.6 is 11.8 Å². The Balaban J connectivity index is 1.61. The van der Waals surface area contributed by atoms with Gasteiger partial charge in [0.1, 0.15) is 11.4 Å². The number of nitrogens with zero attached hydrogens (tertiary/aromatic N) is 3. The van der Waals surface area contributed by atoms with Crippen LogP contribution in [0.3, 0.4) is 0 Å². The molecule has 0 fully saturated rings. The van der Waals surface area contributed by atoms with Crippen molar-refractivity contribution in [1.29, 1.82) is 0 Å². The predicted molar refractivity (Wildman–Crippen MR) is 94.9 cm³/mol. The zero-order valence-electron chi connectivity index (χ0n) is 14.0. The quantitative estimate of drug-likeness (QED) is 0.352. The third-order valence-corrected chi connectivity index (χ3v) is 4.56. The molecule has 0 radical (unpaired) electrons. The SMILES string of the molecule is CCOC(=O)c1cnc(SCCN2C(=O)c3ccccc3C2=O)nc1N. The molecule has 0 aliphatic carbocycles. The summed E-state index contributed by atoms with van der Waals surface area (Å²) in [5.41, 5.74) is 6.71. The maximum atomic E-state index is 12.3. The van der Waals surface area contributed by atoms with Gasteiger partial charge in [-0.15, -0.1) is 0 Å². The van der Waals surface area contributed by atoms with Crippen LogP contribution < -0.4 is 5.73 Å². The summed E-state index contributed by atoms with van der Waals surface area (Å²) in [5.74, 6) is -0.744. The summed E-state index contributed by atoms with van der Waals surface area (Å²) in [7, 11) is 0. The van der Waals surface area contributed by atoms with Crippen molar-refractivity contribution in [2.45, 2.75) is 12.1 Å². The first-order valence-electron chi connectivity index (χ1n) is 7.90. The number of fused-ring (bicyclic) bond motifs is 1. The van der Waals surface area contributed by atoms with E-state index in [1.165, 1.54) is 22.9 Å². The normalized spacial score (nSPS) is 13.0. The van der Waals surface area contributed by atoms with E-state index in [0.29, 0.717) is 22.0 Å². The van der Waals surface area contributed by atoms with Gasteiger partial charge in [-0.3, -0.25) is 14.5 Å². The van der Waals surface area contributed by atoms with Crippen molar-refractivity contribution in [1.82, 2.24) is 14.9 Å². The van der Waals surface area contributed by atoms with Crippen LogP contribution in [0.25, 0.3) is 0 Å². The number of aromatic nitrogens is 2. The number of rotatable bonds is 6. The number of imide groups is 1. The van der Waals surface area contributed by atoms with Crippen molar-refractivity contribution in [2.24, 2.45) is 0 Å². The first-order chi connectivity index (χ1) is 12.5. The molecule has 1 aliphatic heterocycles. The Morgan fingerprint density at radius 3 is 2.46 bits per heavy atom. The van der Waals surface area contributed by atoms with Gasteiger partial charge in [0.25, 0.3) is 11.8 Å². The van der Waals surface area contributed by atoms with Gasteiger partial charge in [-0.25, -0.2) is 14.8 Å². The number of carbonyl (C=O) groups excluding carboxylic acids is 3. The number of nitrogens with two attached hydrogens (primary N) is 1. The maximum absolute atomic E-state index is 12.3. The van der Waals surface area contributed by atoms with E-state index in [4.69, 9.17) is 10.5 Å². The Kier molecular flexibility index (Phi) is 5.17. The van der Waals surface area contributed by atoms with E-state index in [1.807, 2.05) is 0 Å². The molecule has 8 nitrogen and oxygen atoms in total. The minimum absolute atomic E-state index is 0.0293. The second kappa shape index (κ2) is 7.52. The summed E-state index contributed by atoms with van der Waals surface area (Å²) in [5, 5.41) is 0.354. The van der Waals surface area contributed by atoms with Gasteiger partial charge in [0.2, 0.25) is 0 Å². The number of anilines is 1. The summed E-state index contributed by atoms with van der Waals surface area (Å²) >= 11 is 1.24. The highest BCUT2D eigenvalue weighted by Gasteiger charge is 2.34. The summed E-state index contributed by atoms with van der Waals surface area (Å²) < 4.78 is 4.86. The topological polar surface area (TPSA) is 115 Å². The van der Waals surface area contributed by atoms with Gasteiger partial charge in [-0.2, -0.15) is 0 Å². The third-order valence-electron chi connectivity index (χ3n) is 3.72. The highest BCUT2D eigenvalue weighted by Crippen LogP contribution is 2.23. The van der Waals surface area contributed by atoms with Crippen LogP contribution in [-0.2, 0) is 4.74 Å². The monoisotopic (exact) mass is 372 g/mol. The van der Waals surface area contributed by atoms with Crippen molar-refractivity contribution in [3.63, 3.8) is 0 Å². The molecule has 0 saturated carbocycles. The van der Waals surface area contributed by atoms with Crippen molar-refractivity contribution < 1.29 is 19.1 Å². The molecule has 0 atom stereocenters. The smallest absolute Gasteiger partial charge is 0.343 e. The molecule has 0 unspecified atom stereocenters. The summed E-state index contributed by atoms with van der Waals surface area (Å²) in [6.45, 7) is 2.15. The number of hydrogen-bond acceptors (Lipinski definition) is 8. The fourth-order valence-corrected chi connectivity index (χ4v) is 3.23. The fraction of sp³-hybridized carbons (Fsp3) is 0.235. The fourth-order valence-electron chi connectivity index (χ4n) is 2.48. The summed E-state index contributed by atoms with van der Waals surface area (Å²) in [6, 6.07) is 6.73. The Labute approximate surface area is 153 Å². The van der Waals surface area contributed by atoms with Crippen molar-refractivity contribution in [3.05, 3.63) is 47.2 Å². The van der Waals surface area contributed by atoms with E-state index in [1.54, 1.807) is 31.2 Å². The predicted octanol–water partition coefficient (Wildman–Crippen LogP) is 1.62. The molecule has 2 heterocycles. The maximum Gasteiger partial charge on any atom is 0.343 e. The van der Waals surface area contributed by atoms with Gasteiger partial charge >= 0.3 is 5.97 Å². The second-order valence-electron chi connectivity index (χ2n) is 5.33. The summed E-state index contributed by atoms with van der Waals surface area (Å²) in [6.07, 6.45) is 1.31.